The molecule has 0 fully saturated rings. The van der Waals surface area contributed by atoms with Crippen LogP contribution in [0.1, 0.15) is 25.0 Å². The van der Waals surface area contributed by atoms with Gasteiger partial charge in [0.25, 0.3) is 0 Å². The largest absolute Gasteiger partial charge is 0.481 e. The average Bonchev–Trinajstić information content (AvgIpc) is 2.24. The fraction of sp³-hybridized carbons (Fsp3) is 0.429. The van der Waals surface area contributed by atoms with Crippen molar-refractivity contribution in [3.8, 4) is 0 Å². The molecule has 4 nitrogen and oxygen atoms in total. The number of aliphatic carboxylic acids is 1. The van der Waals surface area contributed by atoms with Crippen LogP contribution in [0, 0.1) is 19.4 Å². The van der Waals surface area contributed by atoms with Gasteiger partial charge >= 0.3 is 5.97 Å². The van der Waals surface area contributed by atoms with Crippen LogP contribution in [0.3, 0.4) is 0 Å². The van der Waals surface area contributed by atoms with E-state index < -0.39 is 17.5 Å². The lowest BCUT2D eigenvalue weighted by atomic mass is 9.85. The van der Waals surface area contributed by atoms with Crippen LogP contribution in [0.4, 0.5) is 5.69 Å². The van der Waals surface area contributed by atoms with E-state index in [4.69, 9.17) is 11.7 Å². The molecule has 18 heavy (non-hydrogen) atoms. The zero-order valence-electron chi connectivity index (χ0n) is 10.8. The maximum atomic E-state index is 11.2. The number of benzene rings is 1. The van der Waals surface area contributed by atoms with Crippen molar-refractivity contribution in [2.75, 3.05) is 0 Å². The lowest BCUT2D eigenvalue weighted by Crippen LogP contribution is -2.38. The van der Waals surface area contributed by atoms with Crippen LogP contribution in [-0.4, -0.2) is 21.8 Å². The summed E-state index contributed by atoms with van der Waals surface area (Å²) in [5.41, 5.74) is 0.920. The molecule has 0 aromatic heterocycles. The summed E-state index contributed by atoms with van der Waals surface area (Å²) in [5.74, 6) is -1.88. The average molecular weight is 247 g/mol. The predicted molar refractivity (Wildman–Crippen MR) is 68.6 cm³/mol. The summed E-state index contributed by atoms with van der Waals surface area (Å²) in [6, 6.07) is 5.22. The second-order valence-corrected chi connectivity index (χ2v) is 4.98. The number of nitrogens with zero attached hydrogens (tertiary/aromatic N) is 1. The fourth-order valence-corrected chi connectivity index (χ4v) is 1.84. The predicted octanol–water partition coefficient (Wildman–Crippen LogP) is 2.56. The number of rotatable bonds is 4. The van der Waals surface area contributed by atoms with E-state index in [1.807, 2.05) is 6.92 Å². The van der Waals surface area contributed by atoms with Crippen molar-refractivity contribution in [3.63, 3.8) is 0 Å². The maximum Gasteiger partial charge on any atom is 0.309 e. The van der Waals surface area contributed by atoms with Crippen molar-refractivity contribution in [1.29, 1.82) is 0 Å². The van der Waals surface area contributed by atoms with Crippen LogP contribution in [-0.2, 0) is 11.2 Å². The highest BCUT2D eigenvalue weighted by molar-refractivity contribution is 5.72. The van der Waals surface area contributed by atoms with Gasteiger partial charge < -0.3 is 10.2 Å². The molecule has 1 aromatic carbocycles. The Labute approximate surface area is 107 Å². The zero-order chi connectivity index (χ0) is 13.9. The van der Waals surface area contributed by atoms with Gasteiger partial charge in [-0.3, -0.25) is 4.79 Å². The first-order valence-electron chi connectivity index (χ1n) is 5.68. The first-order chi connectivity index (χ1) is 8.25. The highest BCUT2D eigenvalue weighted by Gasteiger charge is 2.33. The molecule has 0 bridgehead atoms. The first-order valence-corrected chi connectivity index (χ1v) is 5.68. The summed E-state index contributed by atoms with van der Waals surface area (Å²) in [4.78, 5) is 14.5. The molecule has 96 valence electrons. The highest BCUT2D eigenvalue weighted by Crippen LogP contribution is 2.25. The van der Waals surface area contributed by atoms with E-state index in [1.54, 1.807) is 18.2 Å². The van der Waals surface area contributed by atoms with Crippen molar-refractivity contribution in [3.05, 3.63) is 40.7 Å². The van der Waals surface area contributed by atoms with Crippen molar-refractivity contribution in [2.24, 2.45) is 5.92 Å². The lowest BCUT2D eigenvalue weighted by molar-refractivity contribution is -0.149. The molecule has 0 spiro atoms. The summed E-state index contributed by atoms with van der Waals surface area (Å²) < 4.78 is 0. The number of carbonyl (C=O) groups is 1. The van der Waals surface area contributed by atoms with E-state index in [-0.39, 0.29) is 6.42 Å². The minimum absolute atomic E-state index is 0.248. The van der Waals surface area contributed by atoms with Crippen LogP contribution in [0.25, 0.3) is 4.85 Å². The van der Waals surface area contributed by atoms with Gasteiger partial charge in [0, 0.05) is 0 Å². The Kier molecular flexibility index (Phi) is 4.10. The number of aliphatic hydroxyl groups is 1. The molecular formula is C14H17NO3. The number of aryl methyl sites for hydroxylation is 1. The van der Waals surface area contributed by atoms with Gasteiger partial charge in [-0.1, -0.05) is 18.2 Å². The molecule has 0 saturated carbocycles. The summed E-state index contributed by atoms with van der Waals surface area (Å²) in [6.07, 6.45) is 0.248. The second-order valence-electron chi connectivity index (χ2n) is 4.98. The minimum atomic E-state index is -1.28. The molecule has 0 unspecified atom stereocenters. The SMILES string of the molecule is [C-]#[N+]c1ccc(C[C@@H](C(=O)O)C(C)(C)O)cc1C. The van der Waals surface area contributed by atoms with Crippen LogP contribution in [0.15, 0.2) is 18.2 Å². The molecular weight excluding hydrogens is 230 g/mol. The molecule has 1 atom stereocenters. The fourth-order valence-electron chi connectivity index (χ4n) is 1.84. The van der Waals surface area contributed by atoms with Gasteiger partial charge in [0.1, 0.15) is 0 Å². The van der Waals surface area contributed by atoms with Gasteiger partial charge in [0.2, 0.25) is 0 Å². The number of carboxylic acid groups (broad SMARTS) is 1. The summed E-state index contributed by atoms with van der Waals surface area (Å²) in [5, 5.41) is 19.0. The van der Waals surface area contributed by atoms with Gasteiger partial charge in [0.15, 0.2) is 5.69 Å². The lowest BCUT2D eigenvalue weighted by Gasteiger charge is -2.25. The van der Waals surface area contributed by atoms with Crippen LogP contribution >= 0.6 is 0 Å². The van der Waals surface area contributed by atoms with Gasteiger partial charge in [-0.05, 0) is 38.3 Å². The molecule has 0 aliphatic rings. The van der Waals surface area contributed by atoms with Crippen LogP contribution in [0.2, 0.25) is 0 Å². The van der Waals surface area contributed by atoms with E-state index in [0.29, 0.717) is 5.69 Å². The molecule has 4 heteroatoms. The maximum absolute atomic E-state index is 11.2. The Morgan fingerprint density at radius 3 is 2.50 bits per heavy atom. The third kappa shape index (κ3) is 3.31. The third-order valence-corrected chi connectivity index (χ3v) is 2.97. The van der Waals surface area contributed by atoms with Crippen molar-refractivity contribution in [2.45, 2.75) is 32.8 Å². The molecule has 1 aromatic rings. The van der Waals surface area contributed by atoms with Crippen LogP contribution in [0.5, 0.6) is 0 Å². The Morgan fingerprint density at radius 1 is 1.50 bits per heavy atom. The molecule has 0 amide bonds. The minimum Gasteiger partial charge on any atom is -0.481 e. The first kappa shape index (κ1) is 14.2. The van der Waals surface area contributed by atoms with Gasteiger partial charge in [-0.15, -0.1) is 0 Å². The van der Waals surface area contributed by atoms with Gasteiger partial charge in [-0.25, -0.2) is 4.85 Å². The zero-order valence-corrected chi connectivity index (χ0v) is 10.8. The summed E-state index contributed by atoms with van der Waals surface area (Å²) >= 11 is 0. The molecule has 0 aliphatic heterocycles. The number of hydrogen-bond donors (Lipinski definition) is 2. The Morgan fingerprint density at radius 2 is 2.11 bits per heavy atom. The summed E-state index contributed by atoms with van der Waals surface area (Å²) in [7, 11) is 0. The van der Waals surface area contributed by atoms with E-state index in [0.717, 1.165) is 11.1 Å². The quantitative estimate of drug-likeness (QED) is 0.804. The molecule has 0 radical (unpaired) electrons. The molecule has 0 heterocycles. The standard InChI is InChI=1S/C14H17NO3/c1-9-7-10(5-6-12(9)15-4)8-11(13(16)17)14(2,3)18/h5-7,11,18H,8H2,1-3H3,(H,16,17)/t11-/m0/s1. The molecule has 0 aliphatic carbocycles. The van der Waals surface area contributed by atoms with Gasteiger partial charge in [0.05, 0.1) is 18.1 Å². The van der Waals surface area contributed by atoms with E-state index in [2.05, 4.69) is 4.85 Å². The van der Waals surface area contributed by atoms with E-state index >= 15 is 0 Å². The van der Waals surface area contributed by atoms with Crippen molar-refractivity contribution < 1.29 is 15.0 Å². The summed E-state index contributed by atoms with van der Waals surface area (Å²) in [6.45, 7) is 11.8. The molecule has 0 saturated heterocycles. The van der Waals surface area contributed by atoms with Crippen molar-refractivity contribution >= 4 is 11.7 Å². The number of hydrogen-bond acceptors (Lipinski definition) is 2. The Bertz CT molecular complexity index is 495. The Balaban J connectivity index is 3.00. The van der Waals surface area contributed by atoms with Crippen molar-refractivity contribution in [1.82, 2.24) is 0 Å². The molecule has 2 N–H and O–H groups in total. The van der Waals surface area contributed by atoms with Gasteiger partial charge in [-0.2, -0.15) is 0 Å². The van der Waals surface area contributed by atoms with Crippen LogP contribution < -0.4 is 0 Å². The second kappa shape index (κ2) is 5.19. The number of carboxylic acids is 1. The van der Waals surface area contributed by atoms with E-state index in [1.165, 1.54) is 13.8 Å². The third-order valence-electron chi connectivity index (χ3n) is 2.97. The monoisotopic (exact) mass is 247 g/mol. The molecule has 1 rings (SSSR count). The Hall–Kier alpha value is -1.86. The van der Waals surface area contributed by atoms with E-state index in [9.17, 15) is 9.90 Å². The smallest absolute Gasteiger partial charge is 0.309 e. The normalized spacial score (nSPS) is 12.8. The highest BCUT2D eigenvalue weighted by atomic mass is 16.4. The topological polar surface area (TPSA) is 61.9 Å².